The molecule has 10 N–H and O–H groups in total. The van der Waals surface area contributed by atoms with Gasteiger partial charge < -0.3 is 56.8 Å². The predicted molar refractivity (Wildman–Crippen MR) is 116 cm³/mol. The van der Waals surface area contributed by atoms with Crippen LogP contribution in [-0.4, -0.2) is 102 Å². The molecule has 0 aromatic carbocycles. The fourth-order valence-corrected chi connectivity index (χ4v) is 5.15. The van der Waals surface area contributed by atoms with E-state index in [0.717, 1.165) is 12.8 Å². The van der Waals surface area contributed by atoms with Gasteiger partial charge in [0.25, 0.3) is 0 Å². The van der Waals surface area contributed by atoms with Crippen molar-refractivity contribution in [2.45, 2.75) is 106 Å². The van der Waals surface area contributed by atoms with Crippen molar-refractivity contribution < 1.29 is 34.3 Å². The Morgan fingerprint density at radius 3 is 2.22 bits per heavy atom. The number of nitrogens with two attached hydrogens (primary N) is 3. The van der Waals surface area contributed by atoms with Crippen LogP contribution in [0.15, 0.2) is 0 Å². The molecule has 3 fully saturated rings. The van der Waals surface area contributed by atoms with Crippen molar-refractivity contribution in [2.24, 2.45) is 23.1 Å². The summed E-state index contributed by atoms with van der Waals surface area (Å²) < 4.78 is 23.6. The van der Waals surface area contributed by atoms with E-state index in [9.17, 15) is 15.3 Å². The Balaban J connectivity index is 1.67. The van der Waals surface area contributed by atoms with Gasteiger partial charge >= 0.3 is 0 Å². The van der Waals surface area contributed by atoms with Gasteiger partial charge in [0.05, 0.1) is 24.4 Å². The molecule has 1 aliphatic carbocycles. The minimum absolute atomic E-state index is 0.00233. The van der Waals surface area contributed by atoms with Crippen LogP contribution >= 0.6 is 0 Å². The van der Waals surface area contributed by atoms with Crippen molar-refractivity contribution in [1.29, 1.82) is 0 Å². The summed E-state index contributed by atoms with van der Waals surface area (Å²) in [6.45, 7) is 4.17. The van der Waals surface area contributed by atoms with Crippen LogP contribution in [0.5, 0.6) is 0 Å². The van der Waals surface area contributed by atoms with Gasteiger partial charge in [0.15, 0.2) is 12.6 Å². The maximum absolute atomic E-state index is 11.1. The van der Waals surface area contributed by atoms with Gasteiger partial charge in [-0.15, -0.1) is 0 Å². The summed E-state index contributed by atoms with van der Waals surface area (Å²) >= 11 is 0. The molecule has 11 heteroatoms. The summed E-state index contributed by atoms with van der Waals surface area (Å²) in [5, 5.41) is 35.4. The first-order chi connectivity index (χ1) is 15.1. The number of rotatable bonds is 7. The van der Waals surface area contributed by atoms with Gasteiger partial charge in [-0.05, 0) is 39.7 Å². The third kappa shape index (κ3) is 5.61. The quantitative estimate of drug-likeness (QED) is 0.216. The first-order valence-corrected chi connectivity index (χ1v) is 11.7. The van der Waals surface area contributed by atoms with Gasteiger partial charge in [-0.1, -0.05) is 6.92 Å². The lowest BCUT2D eigenvalue weighted by Crippen LogP contribution is -2.66. The molecule has 0 bridgehead atoms. The smallest absolute Gasteiger partial charge is 0.184 e. The van der Waals surface area contributed by atoms with Crippen molar-refractivity contribution in [2.75, 3.05) is 20.2 Å². The van der Waals surface area contributed by atoms with Crippen molar-refractivity contribution in [3.63, 3.8) is 0 Å². The molecule has 0 aromatic rings. The molecule has 2 heterocycles. The van der Waals surface area contributed by atoms with Crippen molar-refractivity contribution >= 4 is 0 Å². The number of ether oxygens (including phenoxy) is 4. The van der Waals surface area contributed by atoms with Crippen LogP contribution in [0, 0.1) is 5.92 Å². The molecule has 11 nitrogen and oxygen atoms in total. The zero-order valence-corrected chi connectivity index (χ0v) is 19.3. The largest absolute Gasteiger partial charge is 0.388 e. The molecule has 2 aliphatic heterocycles. The summed E-state index contributed by atoms with van der Waals surface area (Å²) in [6, 6.07) is -1.47. The van der Waals surface area contributed by atoms with Crippen molar-refractivity contribution in [3.8, 4) is 0 Å². The molecule has 3 aliphatic rings. The van der Waals surface area contributed by atoms with Crippen LogP contribution in [0.1, 0.15) is 39.5 Å². The molecular weight excluding hydrogens is 420 g/mol. The minimum Gasteiger partial charge on any atom is -0.388 e. The average molecular weight is 463 g/mol. The second-order valence-electron chi connectivity index (χ2n) is 9.72. The van der Waals surface area contributed by atoms with E-state index in [2.05, 4.69) is 5.32 Å². The highest BCUT2D eigenvalue weighted by Gasteiger charge is 2.50. The summed E-state index contributed by atoms with van der Waals surface area (Å²) in [7, 11) is 1.85. The van der Waals surface area contributed by atoms with Crippen LogP contribution in [0.3, 0.4) is 0 Å². The van der Waals surface area contributed by atoms with Crippen LogP contribution in [0.2, 0.25) is 0 Å². The lowest BCUT2D eigenvalue weighted by Gasteiger charge is -2.48. The van der Waals surface area contributed by atoms with Crippen LogP contribution in [-0.2, 0) is 18.9 Å². The molecule has 188 valence electrons. The van der Waals surface area contributed by atoms with Crippen molar-refractivity contribution in [3.05, 3.63) is 0 Å². The Labute approximate surface area is 189 Å². The van der Waals surface area contributed by atoms with Gasteiger partial charge in [-0.3, -0.25) is 0 Å². The monoisotopic (exact) mass is 462 g/mol. The fourth-order valence-electron chi connectivity index (χ4n) is 5.15. The summed E-state index contributed by atoms with van der Waals surface area (Å²) in [5.41, 5.74) is 17.6. The molecule has 32 heavy (non-hydrogen) atoms. The van der Waals surface area contributed by atoms with Gasteiger partial charge in [0, 0.05) is 24.5 Å². The maximum Gasteiger partial charge on any atom is 0.184 e. The average Bonchev–Trinajstić information content (AvgIpc) is 2.72. The third-order valence-corrected chi connectivity index (χ3v) is 7.04. The SMILES string of the molecule is CC[C@@H]1[C@@H](O)[C@@H](O[C@H]2[C@H](N)C[C@H](N)C(OC3O[C@H](CNC)CC[C@H]3N)[C@@H]2O)OC[C@]1(C)O. The first kappa shape index (κ1) is 26.2. The highest BCUT2D eigenvalue weighted by molar-refractivity contribution is 5.00. The lowest BCUT2D eigenvalue weighted by molar-refractivity contribution is -0.315. The summed E-state index contributed by atoms with van der Waals surface area (Å²) in [6.07, 6.45) is -3.30. The van der Waals surface area contributed by atoms with Gasteiger partial charge in [0.1, 0.15) is 24.4 Å². The van der Waals surface area contributed by atoms with E-state index >= 15 is 0 Å². The molecule has 12 atom stereocenters. The standard InChI is InChI=1S/C21H42N4O7/c1-4-11-15(26)20(29-9-21(11,2)28)32-18-14(24)7-13(23)17(16(18)27)31-19-12(22)6-5-10(30-19)8-25-3/h10-20,25-28H,4-9,22-24H2,1-3H3/t10-,11+,12+,13-,14+,15+,16-,17?,18-,19?,20+,21-/m0/s1. The molecule has 3 rings (SSSR count). The van der Waals surface area contributed by atoms with E-state index in [4.69, 9.17) is 36.1 Å². The second-order valence-corrected chi connectivity index (χ2v) is 9.72. The molecule has 2 unspecified atom stereocenters. The molecule has 2 saturated heterocycles. The molecule has 0 amide bonds. The highest BCUT2D eigenvalue weighted by Crippen LogP contribution is 2.35. The van der Waals surface area contributed by atoms with E-state index in [-0.39, 0.29) is 18.8 Å². The van der Waals surface area contributed by atoms with E-state index in [1.54, 1.807) is 6.92 Å². The number of aliphatic hydroxyl groups is 3. The number of nitrogens with one attached hydrogen (secondary N) is 1. The molecule has 1 saturated carbocycles. The van der Waals surface area contributed by atoms with Crippen LogP contribution < -0.4 is 22.5 Å². The van der Waals surface area contributed by atoms with Gasteiger partial charge in [0.2, 0.25) is 0 Å². The van der Waals surface area contributed by atoms with Crippen LogP contribution in [0.4, 0.5) is 0 Å². The van der Waals surface area contributed by atoms with Crippen LogP contribution in [0.25, 0.3) is 0 Å². The molecule has 0 radical (unpaired) electrons. The Hall–Kier alpha value is -0.440. The minimum atomic E-state index is -1.17. The van der Waals surface area contributed by atoms with E-state index < -0.39 is 60.6 Å². The fraction of sp³-hybridized carbons (Fsp3) is 1.00. The maximum atomic E-state index is 11.1. The van der Waals surface area contributed by atoms with Gasteiger partial charge in [-0.2, -0.15) is 0 Å². The molecule has 0 aromatic heterocycles. The topological polar surface area (TPSA) is 188 Å². The zero-order chi connectivity index (χ0) is 23.6. The predicted octanol–water partition coefficient (Wildman–Crippen LogP) is -2.28. The number of likely N-dealkylation sites (N-methyl/N-ethyl adjacent to an activating group) is 1. The summed E-state index contributed by atoms with van der Waals surface area (Å²) in [5.74, 6) is -0.440. The van der Waals surface area contributed by atoms with Gasteiger partial charge in [-0.25, -0.2) is 0 Å². The molecule has 0 spiro atoms. The Morgan fingerprint density at radius 1 is 1.00 bits per heavy atom. The number of aliphatic hydroxyl groups excluding tert-OH is 2. The van der Waals surface area contributed by atoms with E-state index in [0.29, 0.717) is 19.4 Å². The Bertz CT molecular complexity index is 600. The summed E-state index contributed by atoms with van der Waals surface area (Å²) in [4.78, 5) is 0. The zero-order valence-electron chi connectivity index (χ0n) is 19.3. The second kappa shape index (κ2) is 10.9. The highest BCUT2D eigenvalue weighted by atomic mass is 16.7. The van der Waals surface area contributed by atoms with Crippen molar-refractivity contribution in [1.82, 2.24) is 5.32 Å². The first-order valence-electron chi connectivity index (χ1n) is 11.7. The van der Waals surface area contributed by atoms with E-state index in [1.807, 2.05) is 14.0 Å². The molecular formula is C21H42N4O7. The Kier molecular flexibility index (Phi) is 8.89. The number of hydrogen-bond acceptors (Lipinski definition) is 11. The normalized spacial score (nSPS) is 50.3. The third-order valence-electron chi connectivity index (χ3n) is 7.04. The number of hydrogen-bond donors (Lipinski definition) is 7. The van der Waals surface area contributed by atoms with E-state index in [1.165, 1.54) is 0 Å². The lowest BCUT2D eigenvalue weighted by atomic mass is 9.80. The Morgan fingerprint density at radius 2 is 1.62 bits per heavy atom.